The van der Waals surface area contributed by atoms with E-state index in [4.69, 9.17) is 0 Å². The lowest BCUT2D eigenvalue weighted by Crippen LogP contribution is -1.83. The SMILES string of the molecule is CCCCCCN=CCC=C(C)c1ccccc1. The average Bonchev–Trinajstić information content (AvgIpc) is 2.42. The molecule has 0 spiro atoms. The Balaban J connectivity index is 2.22. The van der Waals surface area contributed by atoms with E-state index in [-0.39, 0.29) is 0 Å². The summed E-state index contributed by atoms with van der Waals surface area (Å²) in [5.74, 6) is 0. The summed E-state index contributed by atoms with van der Waals surface area (Å²) in [6.45, 7) is 5.38. The first-order valence-electron chi connectivity index (χ1n) is 7.05. The minimum Gasteiger partial charge on any atom is -0.297 e. The Morgan fingerprint density at radius 2 is 1.89 bits per heavy atom. The third-order valence-electron chi connectivity index (χ3n) is 3.03. The van der Waals surface area contributed by atoms with Crippen LogP contribution in [0.1, 0.15) is 51.5 Å². The van der Waals surface area contributed by atoms with E-state index in [0.29, 0.717) is 0 Å². The molecule has 0 N–H and O–H groups in total. The van der Waals surface area contributed by atoms with Crippen LogP contribution in [-0.2, 0) is 0 Å². The van der Waals surface area contributed by atoms with Gasteiger partial charge in [0.15, 0.2) is 0 Å². The summed E-state index contributed by atoms with van der Waals surface area (Å²) in [5, 5.41) is 0. The van der Waals surface area contributed by atoms with Crippen molar-refractivity contribution in [3.63, 3.8) is 0 Å². The molecule has 0 amide bonds. The van der Waals surface area contributed by atoms with E-state index >= 15 is 0 Å². The largest absolute Gasteiger partial charge is 0.297 e. The van der Waals surface area contributed by atoms with Gasteiger partial charge in [-0.3, -0.25) is 4.99 Å². The Hall–Kier alpha value is -1.37. The Kier molecular flexibility index (Phi) is 7.87. The lowest BCUT2D eigenvalue weighted by atomic mass is 10.1. The molecule has 0 fully saturated rings. The first-order chi connectivity index (χ1) is 8.84. The van der Waals surface area contributed by atoms with Crippen LogP contribution in [0.15, 0.2) is 41.4 Å². The average molecular weight is 243 g/mol. The molecule has 0 aliphatic carbocycles. The van der Waals surface area contributed by atoms with Crippen molar-refractivity contribution < 1.29 is 0 Å². The van der Waals surface area contributed by atoms with Gasteiger partial charge >= 0.3 is 0 Å². The third kappa shape index (κ3) is 6.39. The summed E-state index contributed by atoms with van der Waals surface area (Å²) in [5.41, 5.74) is 2.63. The topological polar surface area (TPSA) is 12.4 Å². The van der Waals surface area contributed by atoms with Gasteiger partial charge in [-0.15, -0.1) is 0 Å². The molecule has 0 bridgehead atoms. The minimum absolute atomic E-state index is 0.939. The van der Waals surface area contributed by atoms with E-state index in [1.807, 2.05) is 6.21 Å². The lowest BCUT2D eigenvalue weighted by Gasteiger charge is -1.99. The van der Waals surface area contributed by atoms with Gasteiger partial charge in [0.25, 0.3) is 0 Å². The summed E-state index contributed by atoms with van der Waals surface area (Å²) in [4.78, 5) is 4.44. The van der Waals surface area contributed by atoms with Gasteiger partial charge in [0, 0.05) is 19.2 Å². The molecular weight excluding hydrogens is 218 g/mol. The zero-order valence-electron chi connectivity index (χ0n) is 11.7. The first kappa shape index (κ1) is 14.7. The Labute approximate surface area is 112 Å². The van der Waals surface area contributed by atoms with Gasteiger partial charge in [-0.1, -0.05) is 62.6 Å². The molecule has 0 saturated heterocycles. The van der Waals surface area contributed by atoms with Crippen LogP contribution in [0.3, 0.4) is 0 Å². The van der Waals surface area contributed by atoms with Crippen molar-refractivity contribution in [2.45, 2.75) is 46.0 Å². The number of unbranched alkanes of at least 4 members (excludes halogenated alkanes) is 3. The predicted molar refractivity (Wildman–Crippen MR) is 82.2 cm³/mol. The van der Waals surface area contributed by atoms with Crippen molar-refractivity contribution in [2.24, 2.45) is 4.99 Å². The lowest BCUT2D eigenvalue weighted by molar-refractivity contribution is 0.675. The molecule has 0 saturated carbocycles. The molecule has 1 aromatic carbocycles. The second kappa shape index (κ2) is 9.64. The van der Waals surface area contributed by atoms with E-state index < -0.39 is 0 Å². The zero-order chi connectivity index (χ0) is 13.1. The summed E-state index contributed by atoms with van der Waals surface area (Å²) in [7, 11) is 0. The number of aliphatic imine (C=N–C) groups is 1. The first-order valence-corrected chi connectivity index (χ1v) is 7.05. The highest BCUT2D eigenvalue weighted by Crippen LogP contribution is 2.12. The number of allylic oxidation sites excluding steroid dienone is 2. The van der Waals surface area contributed by atoms with Crippen LogP contribution >= 0.6 is 0 Å². The predicted octanol–water partition coefficient (Wildman–Crippen LogP) is 5.13. The molecule has 1 aromatic rings. The van der Waals surface area contributed by atoms with Crippen LogP contribution in [0.5, 0.6) is 0 Å². The molecule has 98 valence electrons. The van der Waals surface area contributed by atoms with Gasteiger partial charge in [-0.05, 0) is 24.5 Å². The van der Waals surface area contributed by atoms with Crippen LogP contribution in [-0.4, -0.2) is 12.8 Å². The normalized spacial score (nSPS) is 12.2. The van der Waals surface area contributed by atoms with Crippen molar-refractivity contribution in [3.8, 4) is 0 Å². The molecule has 18 heavy (non-hydrogen) atoms. The van der Waals surface area contributed by atoms with E-state index in [1.54, 1.807) is 0 Å². The van der Waals surface area contributed by atoms with Crippen LogP contribution in [0.4, 0.5) is 0 Å². The maximum Gasteiger partial charge on any atom is 0.0385 e. The van der Waals surface area contributed by atoms with E-state index in [1.165, 1.54) is 36.8 Å². The van der Waals surface area contributed by atoms with E-state index in [0.717, 1.165) is 13.0 Å². The number of benzene rings is 1. The highest BCUT2D eigenvalue weighted by Gasteiger charge is 1.91. The van der Waals surface area contributed by atoms with Crippen molar-refractivity contribution in [3.05, 3.63) is 42.0 Å². The fourth-order valence-corrected chi connectivity index (χ4v) is 1.84. The second-order valence-corrected chi connectivity index (χ2v) is 4.64. The monoisotopic (exact) mass is 243 g/mol. The number of hydrogen-bond acceptors (Lipinski definition) is 1. The highest BCUT2D eigenvalue weighted by atomic mass is 14.7. The summed E-state index contributed by atoms with van der Waals surface area (Å²) in [6.07, 6.45) is 10.4. The van der Waals surface area contributed by atoms with Gasteiger partial charge in [-0.25, -0.2) is 0 Å². The molecule has 0 aliphatic rings. The minimum atomic E-state index is 0.939. The van der Waals surface area contributed by atoms with Gasteiger partial charge in [0.05, 0.1) is 0 Å². The van der Waals surface area contributed by atoms with Crippen molar-refractivity contribution in [1.82, 2.24) is 0 Å². The molecule has 0 aromatic heterocycles. The summed E-state index contributed by atoms with van der Waals surface area (Å²) >= 11 is 0. The molecule has 0 atom stereocenters. The number of rotatable bonds is 8. The molecular formula is C17H25N. The summed E-state index contributed by atoms with van der Waals surface area (Å²) < 4.78 is 0. The van der Waals surface area contributed by atoms with Crippen molar-refractivity contribution in [1.29, 1.82) is 0 Å². The van der Waals surface area contributed by atoms with Gasteiger partial charge < -0.3 is 0 Å². The zero-order valence-corrected chi connectivity index (χ0v) is 11.7. The Morgan fingerprint density at radius 3 is 2.61 bits per heavy atom. The molecule has 0 aliphatic heterocycles. The number of nitrogens with zero attached hydrogens (tertiary/aromatic N) is 1. The van der Waals surface area contributed by atoms with Gasteiger partial charge in [-0.2, -0.15) is 0 Å². The fraction of sp³-hybridized carbons (Fsp3) is 0.471. The van der Waals surface area contributed by atoms with Crippen LogP contribution in [0, 0.1) is 0 Å². The Bertz CT molecular complexity index is 362. The van der Waals surface area contributed by atoms with Crippen LogP contribution in [0.2, 0.25) is 0 Å². The van der Waals surface area contributed by atoms with Crippen molar-refractivity contribution >= 4 is 11.8 Å². The Morgan fingerprint density at radius 1 is 1.11 bits per heavy atom. The maximum absolute atomic E-state index is 4.44. The fourth-order valence-electron chi connectivity index (χ4n) is 1.84. The van der Waals surface area contributed by atoms with Gasteiger partial charge in [0.2, 0.25) is 0 Å². The van der Waals surface area contributed by atoms with Crippen molar-refractivity contribution in [2.75, 3.05) is 6.54 Å². The second-order valence-electron chi connectivity index (χ2n) is 4.64. The highest BCUT2D eigenvalue weighted by molar-refractivity contribution is 5.68. The number of hydrogen-bond donors (Lipinski definition) is 0. The standard InChI is InChI=1S/C17H25N/c1-3-4-5-9-14-18-15-10-11-16(2)17-12-7-6-8-13-17/h6-8,11-13,15H,3-5,9-10,14H2,1-2H3. The molecule has 0 radical (unpaired) electrons. The smallest absolute Gasteiger partial charge is 0.0385 e. The van der Waals surface area contributed by atoms with E-state index in [9.17, 15) is 0 Å². The van der Waals surface area contributed by atoms with Crippen LogP contribution < -0.4 is 0 Å². The molecule has 1 nitrogen and oxygen atoms in total. The van der Waals surface area contributed by atoms with Crippen LogP contribution in [0.25, 0.3) is 5.57 Å². The molecule has 1 rings (SSSR count). The molecule has 1 heteroatoms. The molecule has 0 heterocycles. The van der Waals surface area contributed by atoms with Gasteiger partial charge in [0.1, 0.15) is 0 Å². The quantitative estimate of drug-likeness (QED) is 0.443. The summed E-state index contributed by atoms with van der Waals surface area (Å²) in [6, 6.07) is 10.5. The van der Waals surface area contributed by atoms with E-state index in [2.05, 4.69) is 55.2 Å². The molecule has 0 unspecified atom stereocenters. The maximum atomic E-state index is 4.44. The third-order valence-corrected chi connectivity index (χ3v) is 3.03.